The molecular formula is C15H22N2O. The number of unbranched alkanes of at least 4 members (excludes halogenated alkanes) is 1. The van der Waals surface area contributed by atoms with E-state index in [1.54, 1.807) is 0 Å². The second kappa shape index (κ2) is 6.01. The number of carbonyl (C=O) groups is 1. The molecule has 2 rings (SSSR count). The molecule has 18 heavy (non-hydrogen) atoms. The number of anilines is 1. The Morgan fingerprint density at radius 1 is 1.33 bits per heavy atom. The summed E-state index contributed by atoms with van der Waals surface area (Å²) in [5, 5.41) is 0. The van der Waals surface area contributed by atoms with Gasteiger partial charge in [0.1, 0.15) is 0 Å². The Bertz CT molecular complexity index is 395. The zero-order valence-corrected chi connectivity index (χ0v) is 11.1. The number of hydrogen-bond donors (Lipinski definition) is 1. The minimum Gasteiger partial charge on any atom is -0.326 e. The van der Waals surface area contributed by atoms with Crippen molar-refractivity contribution in [3.8, 4) is 0 Å². The third-order valence-corrected chi connectivity index (χ3v) is 3.38. The molecule has 1 aliphatic rings. The van der Waals surface area contributed by atoms with Crippen molar-refractivity contribution in [1.29, 1.82) is 0 Å². The Balaban J connectivity index is 2.10. The molecule has 0 unspecified atom stereocenters. The van der Waals surface area contributed by atoms with Crippen molar-refractivity contribution in [3.05, 3.63) is 29.8 Å². The molecule has 0 heterocycles. The Hall–Kier alpha value is -1.35. The third-order valence-electron chi connectivity index (χ3n) is 3.38. The molecule has 3 heteroatoms. The van der Waals surface area contributed by atoms with E-state index >= 15 is 0 Å². The summed E-state index contributed by atoms with van der Waals surface area (Å²) in [5.41, 5.74) is 7.72. The predicted octanol–water partition coefficient (Wildman–Crippen LogP) is 2.83. The van der Waals surface area contributed by atoms with E-state index in [1.165, 1.54) is 0 Å². The highest BCUT2D eigenvalue weighted by molar-refractivity contribution is 5.94. The largest absolute Gasteiger partial charge is 0.326 e. The molecular weight excluding hydrogens is 224 g/mol. The van der Waals surface area contributed by atoms with E-state index in [9.17, 15) is 4.79 Å². The van der Waals surface area contributed by atoms with E-state index in [-0.39, 0.29) is 5.91 Å². The van der Waals surface area contributed by atoms with Gasteiger partial charge in [0, 0.05) is 24.7 Å². The van der Waals surface area contributed by atoms with Gasteiger partial charge in [-0.1, -0.05) is 25.5 Å². The normalized spacial score (nSPS) is 14.6. The summed E-state index contributed by atoms with van der Waals surface area (Å²) in [7, 11) is 0. The van der Waals surface area contributed by atoms with Gasteiger partial charge in [-0.15, -0.1) is 0 Å². The molecule has 2 N–H and O–H groups in total. The van der Waals surface area contributed by atoms with Crippen molar-refractivity contribution in [1.82, 2.24) is 0 Å². The molecule has 0 atom stereocenters. The monoisotopic (exact) mass is 246 g/mol. The Labute approximate surface area is 109 Å². The van der Waals surface area contributed by atoms with Gasteiger partial charge in [0.2, 0.25) is 5.91 Å². The molecule has 98 valence electrons. The molecule has 3 nitrogen and oxygen atoms in total. The molecule has 0 spiro atoms. The summed E-state index contributed by atoms with van der Waals surface area (Å²) < 4.78 is 0. The quantitative estimate of drug-likeness (QED) is 0.839. The first-order valence-corrected chi connectivity index (χ1v) is 6.87. The van der Waals surface area contributed by atoms with Crippen molar-refractivity contribution in [3.63, 3.8) is 0 Å². The van der Waals surface area contributed by atoms with Gasteiger partial charge in [-0.3, -0.25) is 4.79 Å². The summed E-state index contributed by atoms with van der Waals surface area (Å²) in [5.74, 6) is 0.264. The van der Waals surface area contributed by atoms with Crippen LogP contribution in [0.15, 0.2) is 24.3 Å². The maximum Gasteiger partial charge on any atom is 0.227 e. The summed E-state index contributed by atoms with van der Waals surface area (Å²) in [6, 6.07) is 8.49. The third kappa shape index (κ3) is 3.10. The van der Waals surface area contributed by atoms with E-state index in [0.29, 0.717) is 19.0 Å². The topological polar surface area (TPSA) is 46.3 Å². The molecule has 1 aliphatic carbocycles. The van der Waals surface area contributed by atoms with Crippen LogP contribution in [-0.2, 0) is 11.3 Å². The average Bonchev–Trinajstić information content (AvgIpc) is 3.22. The summed E-state index contributed by atoms with van der Waals surface area (Å²) in [6.45, 7) is 2.66. The smallest absolute Gasteiger partial charge is 0.227 e. The number of amides is 1. The Morgan fingerprint density at radius 3 is 2.50 bits per heavy atom. The number of nitrogens with zero attached hydrogens (tertiary/aromatic N) is 1. The maximum absolute atomic E-state index is 12.2. The lowest BCUT2D eigenvalue weighted by Gasteiger charge is -2.23. The van der Waals surface area contributed by atoms with E-state index in [1.807, 2.05) is 29.2 Å². The lowest BCUT2D eigenvalue weighted by Crippen LogP contribution is -2.32. The van der Waals surface area contributed by atoms with Crippen molar-refractivity contribution >= 4 is 11.6 Å². The highest BCUT2D eigenvalue weighted by Gasteiger charge is 2.33. The molecule has 0 bridgehead atoms. The number of hydrogen-bond acceptors (Lipinski definition) is 2. The minimum atomic E-state index is 0.264. The van der Waals surface area contributed by atoms with Crippen LogP contribution in [0.25, 0.3) is 0 Å². The summed E-state index contributed by atoms with van der Waals surface area (Å²) >= 11 is 0. The highest BCUT2D eigenvalue weighted by Crippen LogP contribution is 2.32. The molecule has 0 radical (unpaired) electrons. The zero-order chi connectivity index (χ0) is 13.0. The number of benzene rings is 1. The lowest BCUT2D eigenvalue weighted by atomic mass is 10.1. The lowest BCUT2D eigenvalue weighted by molar-refractivity contribution is -0.118. The van der Waals surface area contributed by atoms with Gasteiger partial charge in [-0.2, -0.15) is 0 Å². The second-order valence-electron chi connectivity index (χ2n) is 4.97. The first-order chi connectivity index (χ1) is 8.76. The minimum absolute atomic E-state index is 0.264. The van der Waals surface area contributed by atoms with Gasteiger partial charge >= 0.3 is 0 Å². The fourth-order valence-electron chi connectivity index (χ4n) is 2.13. The molecule has 1 aromatic carbocycles. The molecule has 1 saturated carbocycles. The Morgan fingerprint density at radius 2 is 2.00 bits per heavy atom. The van der Waals surface area contributed by atoms with Crippen LogP contribution in [0.2, 0.25) is 0 Å². The van der Waals surface area contributed by atoms with Crippen molar-refractivity contribution in [2.45, 2.75) is 51.6 Å². The number of rotatable bonds is 6. The van der Waals surface area contributed by atoms with E-state index in [4.69, 9.17) is 5.73 Å². The van der Waals surface area contributed by atoms with E-state index < -0.39 is 0 Å². The molecule has 0 saturated heterocycles. The predicted molar refractivity (Wildman–Crippen MR) is 74.4 cm³/mol. The fraction of sp³-hybridized carbons (Fsp3) is 0.533. The first kappa shape index (κ1) is 13.1. The van der Waals surface area contributed by atoms with Crippen LogP contribution in [0.5, 0.6) is 0 Å². The van der Waals surface area contributed by atoms with Gasteiger partial charge in [0.05, 0.1) is 0 Å². The molecule has 0 aliphatic heterocycles. The van der Waals surface area contributed by atoms with E-state index in [0.717, 1.165) is 36.9 Å². The SMILES string of the molecule is CCCCC(=O)N(c1ccc(CN)cc1)C1CC1. The summed E-state index contributed by atoms with van der Waals surface area (Å²) in [6.07, 6.45) is 4.97. The highest BCUT2D eigenvalue weighted by atomic mass is 16.2. The van der Waals surface area contributed by atoms with Crippen molar-refractivity contribution in [2.75, 3.05) is 4.90 Å². The molecule has 1 aromatic rings. The van der Waals surface area contributed by atoms with Gasteiger partial charge in [0.15, 0.2) is 0 Å². The average molecular weight is 246 g/mol. The molecule has 1 amide bonds. The van der Waals surface area contributed by atoms with Gasteiger partial charge in [-0.05, 0) is 37.0 Å². The van der Waals surface area contributed by atoms with Crippen molar-refractivity contribution in [2.24, 2.45) is 5.73 Å². The van der Waals surface area contributed by atoms with Crippen LogP contribution in [-0.4, -0.2) is 11.9 Å². The standard InChI is InChI=1S/C15H22N2O/c1-2-3-4-15(18)17(14-9-10-14)13-7-5-12(11-16)6-8-13/h5-8,14H,2-4,9-11,16H2,1H3. The van der Waals surface area contributed by atoms with Gasteiger partial charge < -0.3 is 10.6 Å². The molecule has 0 aromatic heterocycles. The van der Waals surface area contributed by atoms with Crippen LogP contribution in [0.3, 0.4) is 0 Å². The van der Waals surface area contributed by atoms with Crippen LogP contribution < -0.4 is 10.6 Å². The number of nitrogens with two attached hydrogens (primary N) is 1. The fourth-order valence-corrected chi connectivity index (χ4v) is 2.13. The maximum atomic E-state index is 12.2. The zero-order valence-electron chi connectivity index (χ0n) is 11.1. The summed E-state index contributed by atoms with van der Waals surface area (Å²) in [4.78, 5) is 14.2. The Kier molecular flexibility index (Phi) is 4.37. The van der Waals surface area contributed by atoms with Crippen LogP contribution in [0, 0.1) is 0 Å². The van der Waals surface area contributed by atoms with Crippen molar-refractivity contribution < 1.29 is 4.79 Å². The van der Waals surface area contributed by atoms with Gasteiger partial charge in [-0.25, -0.2) is 0 Å². The number of carbonyl (C=O) groups excluding carboxylic acids is 1. The van der Waals surface area contributed by atoms with Crippen LogP contribution in [0.4, 0.5) is 5.69 Å². The first-order valence-electron chi connectivity index (χ1n) is 6.87. The van der Waals surface area contributed by atoms with Crippen LogP contribution in [0.1, 0.15) is 44.6 Å². The molecule has 1 fully saturated rings. The van der Waals surface area contributed by atoms with Crippen LogP contribution >= 0.6 is 0 Å². The van der Waals surface area contributed by atoms with E-state index in [2.05, 4.69) is 6.92 Å². The van der Waals surface area contributed by atoms with Gasteiger partial charge in [0.25, 0.3) is 0 Å². The second-order valence-corrected chi connectivity index (χ2v) is 4.97.